The summed E-state index contributed by atoms with van der Waals surface area (Å²) in [5.74, 6) is -0.802. The van der Waals surface area contributed by atoms with E-state index < -0.39 is 5.97 Å². The number of thioether (sulfide) groups is 1. The first-order valence-corrected chi connectivity index (χ1v) is 10.6. The zero-order valence-electron chi connectivity index (χ0n) is 17.3. The summed E-state index contributed by atoms with van der Waals surface area (Å²) in [6.45, 7) is 0. The molecule has 10 heteroatoms. The first-order chi connectivity index (χ1) is 15.5. The predicted octanol–water partition coefficient (Wildman–Crippen LogP) is 2.65. The molecule has 2 heterocycles. The molecular weight excluding hydrogens is 430 g/mol. The normalized spacial score (nSPS) is 10.8. The number of methoxy groups -OCH3 is 1. The van der Waals surface area contributed by atoms with E-state index in [1.165, 1.54) is 18.2 Å². The van der Waals surface area contributed by atoms with Crippen LogP contribution in [0.25, 0.3) is 16.7 Å². The van der Waals surface area contributed by atoms with E-state index in [-0.39, 0.29) is 22.8 Å². The van der Waals surface area contributed by atoms with Crippen molar-refractivity contribution >= 4 is 40.4 Å². The quantitative estimate of drug-likeness (QED) is 0.274. The zero-order chi connectivity index (χ0) is 22.7. The van der Waals surface area contributed by atoms with Crippen molar-refractivity contribution in [2.24, 2.45) is 0 Å². The van der Waals surface area contributed by atoms with Crippen LogP contribution in [0.2, 0.25) is 0 Å². The molecule has 0 saturated carbocycles. The van der Waals surface area contributed by atoms with Crippen LogP contribution in [0.5, 0.6) is 0 Å². The van der Waals surface area contributed by atoms with Gasteiger partial charge in [0, 0.05) is 7.05 Å². The number of anilines is 1. The third-order valence-electron chi connectivity index (χ3n) is 4.79. The van der Waals surface area contributed by atoms with Crippen molar-refractivity contribution in [1.29, 1.82) is 0 Å². The van der Waals surface area contributed by atoms with Crippen molar-refractivity contribution in [3.8, 4) is 5.69 Å². The molecule has 1 amide bonds. The molecule has 0 fully saturated rings. The van der Waals surface area contributed by atoms with Gasteiger partial charge in [-0.1, -0.05) is 42.1 Å². The van der Waals surface area contributed by atoms with Crippen molar-refractivity contribution in [1.82, 2.24) is 19.7 Å². The lowest BCUT2D eigenvalue weighted by molar-refractivity contribution is -0.115. The van der Waals surface area contributed by atoms with Gasteiger partial charge in [0.05, 0.1) is 36.0 Å². The molecule has 2 aromatic heterocycles. The molecule has 0 radical (unpaired) electrons. The average Bonchev–Trinajstić information content (AvgIpc) is 3.26. The van der Waals surface area contributed by atoms with Crippen molar-refractivity contribution in [3.05, 3.63) is 76.7 Å². The highest BCUT2D eigenvalue weighted by atomic mass is 32.2. The number of H-pyrrole nitrogens is 1. The monoisotopic (exact) mass is 449 g/mol. The fourth-order valence-electron chi connectivity index (χ4n) is 3.13. The van der Waals surface area contributed by atoms with E-state index >= 15 is 0 Å². The summed E-state index contributed by atoms with van der Waals surface area (Å²) in [6, 6.07) is 16.0. The Labute approximate surface area is 187 Å². The summed E-state index contributed by atoms with van der Waals surface area (Å²) in [5.41, 5.74) is 1.56. The molecule has 32 heavy (non-hydrogen) atoms. The Morgan fingerprint density at radius 3 is 2.59 bits per heavy atom. The summed E-state index contributed by atoms with van der Waals surface area (Å²) in [7, 11) is 2.86. The second kappa shape index (κ2) is 9.06. The van der Waals surface area contributed by atoms with Crippen LogP contribution in [0, 0.1) is 0 Å². The Kier molecular flexibility index (Phi) is 6.04. The Balaban J connectivity index is 1.57. The Bertz CT molecular complexity index is 1350. The van der Waals surface area contributed by atoms with Gasteiger partial charge in [0.25, 0.3) is 5.56 Å². The van der Waals surface area contributed by atoms with E-state index in [4.69, 9.17) is 4.74 Å². The van der Waals surface area contributed by atoms with Gasteiger partial charge in [-0.05, 0) is 24.3 Å². The highest BCUT2D eigenvalue weighted by Crippen LogP contribution is 2.23. The van der Waals surface area contributed by atoms with E-state index in [2.05, 4.69) is 15.1 Å². The van der Waals surface area contributed by atoms with Crippen LogP contribution in [0.1, 0.15) is 10.4 Å². The molecule has 0 unspecified atom stereocenters. The molecule has 2 aromatic carbocycles. The van der Waals surface area contributed by atoms with Crippen LogP contribution in [0.4, 0.5) is 5.69 Å². The second-order valence-corrected chi connectivity index (χ2v) is 7.71. The van der Waals surface area contributed by atoms with E-state index in [1.54, 1.807) is 36.0 Å². The standard InChI is InChI=1S/C22H19N5O4S/c1-26(17-11-7-6-10-15(17)21(30)31-2)18(28)13-32-22-24-19-16(20(29)25-22)12-23-27(19)14-8-4-3-5-9-14/h3-12H,13H2,1-2H3,(H,24,25,29). The molecule has 4 rings (SSSR count). The number of para-hydroxylation sites is 2. The lowest BCUT2D eigenvalue weighted by atomic mass is 10.1. The van der Waals surface area contributed by atoms with Gasteiger partial charge in [-0.15, -0.1) is 0 Å². The number of fused-ring (bicyclic) bond motifs is 1. The number of aromatic nitrogens is 4. The number of rotatable bonds is 6. The van der Waals surface area contributed by atoms with Gasteiger partial charge in [-0.25, -0.2) is 14.5 Å². The van der Waals surface area contributed by atoms with Crippen LogP contribution >= 0.6 is 11.8 Å². The van der Waals surface area contributed by atoms with Gasteiger partial charge in [-0.3, -0.25) is 9.59 Å². The summed E-state index contributed by atoms with van der Waals surface area (Å²) >= 11 is 1.09. The molecular formula is C22H19N5O4S. The lowest BCUT2D eigenvalue weighted by Crippen LogP contribution is -2.29. The van der Waals surface area contributed by atoms with Gasteiger partial charge in [0.1, 0.15) is 5.39 Å². The SMILES string of the molecule is COC(=O)c1ccccc1N(C)C(=O)CSc1nc2c(cnn2-c2ccccc2)c(=O)[nH]1. The van der Waals surface area contributed by atoms with Crippen LogP contribution in [0.3, 0.4) is 0 Å². The van der Waals surface area contributed by atoms with Gasteiger partial charge in [0.2, 0.25) is 5.91 Å². The number of hydrogen-bond donors (Lipinski definition) is 1. The number of carbonyl (C=O) groups is 2. The van der Waals surface area contributed by atoms with E-state index in [9.17, 15) is 14.4 Å². The summed E-state index contributed by atoms with van der Waals surface area (Å²) in [4.78, 5) is 45.8. The molecule has 0 saturated heterocycles. The second-order valence-electron chi connectivity index (χ2n) is 6.75. The molecule has 0 aliphatic carbocycles. The predicted molar refractivity (Wildman–Crippen MR) is 121 cm³/mol. The summed E-state index contributed by atoms with van der Waals surface area (Å²) in [6.07, 6.45) is 1.46. The average molecular weight is 449 g/mol. The number of aromatic amines is 1. The summed E-state index contributed by atoms with van der Waals surface area (Å²) in [5, 5.41) is 4.92. The highest BCUT2D eigenvalue weighted by molar-refractivity contribution is 7.99. The minimum absolute atomic E-state index is 0.0000717. The number of benzene rings is 2. The Morgan fingerprint density at radius 2 is 1.84 bits per heavy atom. The fourth-order valence-corrected chi connectivity index (χ4v) is 3.90. The third-order valence-corrected chi connectivity index (χ3v) is 5.65. The van der Waals surface area contributed by atoms with E-state index in [0.717, 1.165) is 17.4 Å². The number of ether oxygens (including phenoxy) is 1. The molecule has 4 aromatic rings. The van der Waals surface area contributed by atoms with E-state index in [1.807, 2.05) is 30.3 Å². The van der Waals surface area contributed by atoms with Crippen molar-refractivity contribution in [2.75, 3.05) is 24.8 Å². The number of esters is 1. The first kappa shape index (κ1) is 21.3. The third kappa shape index (κ3) is 4.12. The largest absolute Gasteiger partial charge is 0.465 e. The topological polar surface area (TPSA) is 110 Å². The molecule has 0 spiro atoms. The molecule has 0 atom stereocenters. The molecule has 0 aliphatic heterocycles. The number of amides is 1. The smallest absolute Gasteiger partial charge is 0.339 e. The van der Waals surface area contributed by atoms with Crippen molar-refractivity contribution < 1.29 is 14.3 Å². The maximum atomic E-state index is 12.8. The van der Waals surface area contributed by atoms with Crippen molar-refractivity contribution in [2.45, 2.75) is 5.16 Å². The van der Waals surface area contributed by atoms with Gasteiger partial charge >= 0.3 is 5.97 Å². The lowest BCUT2D eigenvalue weighted by Gasteiger charge is -2.19. The number of hydrogen-bond acceptors (Lipinski definition) is 7. The van der Waals surface area contributed by atoms with Gasteiger partial charge < -0.3 is 14.6 Å². The molecule has 9 nitrogen and oxygen atoms in total. The van der Waals surface area contributed by atoms with Crippen LogP contribution < -0.4 is 10.5 Å². The minimum atomic E-state index is -0.529. The number of nitrogens with zero attached hydrogens (tertiary/aromatic N) is 4. The van der Waals surface area contributed by atoms with Crippen LogP contribution in [-0.4, -0.2) is 51.5 Å². The Hall–Kier alpha value is -3.92. The maximum Gasteiger partial charge on any atom is 0.339 e. The number of carbonyl (C=O) groups excluding carboxylic acids is 2. The summed E-state index contributed by atoms with van der Waals surface area (Å²) < 4.78 is 6.37. The minimum Gasteiger partial charge on any atom is -0.465 e. The number of nitrogens with one attached hydrogen (secondary N) is 1. The van der Waals surface area contributed by atoms with E-state index in [0.29, 0.717) is 21.9 Å². The molecule has 0 aliphatic rings. The van der Waals surface area contributed by atoms with Crippen LogP contribution in [-0.2, 0) is 9.53 Å². The van der Waals surface area contributed by atoms with Crippen LogP contribution in [0.15, 0.2) is 70.7 Å². The first-order valence-electron chi connectivity index (χ1n) is 9.59. The van der Waals surface area contributed by atoms with Gasteiger partial charge in [0.15, 0.2) is 10.8 Å². The zero-order valence-corrected chi connectivity index (χ0v) is 18.1. The van der Waals surface area contributed by atoms with Crippen molar-refractivity contribution in [3.63, 3.8) is 0 Å². The molecule has 162 valence electrons. The molecule has 1 N–H and O–H groups in total. The fraction of sp³-hybridized carbons (Fsp3) is 0.136. The van der Waals surface area contributed by atoms with Gasteiger partial charge in [-0.2, -0.15) is 5.10 Å². The maximum absolute atomic E-state index is 12.8. The Morgan fingerprint density at radius 1 is 1.12 bits per heavy atom. The highest BCUT2D eigenvalue weighted by Gasteiger charge is 2.20. The molecule has 0 bridgehead atoms.